The summed E-state index contributed by atoms with van der Waals surface area (Å²) in [5.41, 5.74) is 29.6. The predicted octanol–water partition coefficient (Wildman–Crippen LogP) is -2.20. The van der Waals surface area contributed by atoms with Crippen molar-refractivity contribution in [1.29, 1.82) is 0 Å². The van der Waals surface area contributed by atoms with Gasteiger partial charge in [-0.1, -0.05) is 96.5 Å². The minimum absolute atomic E-state index is 0.0203. The molecule has 3 aromatic rings. The number of guanidine groups is 1. The zero-order chi connectivity index (χ0) is 79.3. The summed E-state index contributed by atoms with van der Waals surface area (Å²) in [6.07, 6.45) is 2.36. The third kappa shape index (κ3) is 32.0. The van der Waals surface area contributed by atoms with E-state index in [1.165, 1.54) is 20.8 Å². The van der Waals surface area contributed by atoms with Crippen LogP contribution in [0.15, 0.2) is 65.8 Å². The van der Waals surface area contributed by atoms with Crippen molar-refractivity contribution in [3.8, 4) is 0 Å². The highest BCUT2D eigenvalue weighted by molar-refractivity contribution is 6.00. The van der Waals surface area contributed by atoms with Crippen LogP contribution >= 0.6 is 0 Å². The number of rotatable bonds is 49. The van der Waals surface area contributed by atoms with Crippen molar-refractivity contribution in [3.05, 3.63) is 71.9 Å². The van der Waals surface area contributed by atoms with Gasteiger partial charge in [0, 0.05) is 42.9 Å². The van der Waals surface area contributed by atoms with Crippen LogP contribution in [0.25, 0.3) is 10.9 Å². The summed E-state index contributed by atoms with van der Waals surface area (Å²) in [7, 11) is 0. The first-order chi connectivity index (χ1) is 50.1. The molecule has 0 unspecified atom stereocenters. The van der Waals surface area contributed by atoms with E-state index in [4.69, 9.17) is 28.7 Å². The minimum Gasteiger partial charge on any atom is -0.481 e. The van der Waals surface area contributed by atoms with Crippen LogP contribution in [0.1, 0.15) is 150 Å². The number of H-pyrrole nitrogens is 1. The number of aliphatic imine (C=N–C) groups is 1. The third-order valence-electron chi connectivity index (χ3n) is 17.4. The molecule has 35 nitrogen and oxygen atoms in total. The maximum atomic E-state index is 14.9. The fraction of sp³-hybridized carbons (Fsp3) is 0.592. The highest BCUT2D eigenvalue weighted by Gasteiger charge is 2.38. The zero-order valence-corrected chi connectivity index (χ0v) is 62.1. The Bertz CT molecular complexity index is 3460. The number of unbranched alkanes of at least 4 members (excludes halogenated alkanes) is 2. The van der Waals surface area contributed by atoms with Gasteiger partial charge in [0.1, 0.15) is 66.5 Å². The number of fused-ring (bicyclic) bond motifs is 1. The Morgan fingerprint density at radius 2 is 0.953 bits per heavy atom. The summed E-state index contributed by atoms with van der Waals surface area (Å²) < 4.78 is 0. The van der Waals surface area contributed by atoms with Crippen LogP contribution in [-0.2, 0) is 80.0 Å². The number of aliphatic carboxylic acids is 2. The molecule has 0 saturated heterocycles. The van der Waals surface area contributed by atoms with Gasteiger partial charge in [0.25, 0.3) is 0 Å². The topological polar surface area (TPSA) is 582 Å². The number of hydrogen-bond donors (Lipinski definition) is 20. The summed E-state index contributed by atoms with van der Waals surface area (Å²) in [6.45, 7) is 14.4. The molecule has 0 aliphatic heterocycles. The lowest BCUT2D eigenvalue weighted by Crippen LogP contribution is -2.61. The summed E-state index contributed by atoms with van der Waals surface area (Å²) in [5, 5.41) is 51.5. The average Bonchev–Trinajstić information content (AvgIpc) is 1.61. The quantitative estimate of drug-likeness (QED) is 0.0162. The van der Waals surface area contributed by atoms with Crippen LogP contribution < -0.4 is 92.5 Å². The lowest BCUT2D eigenvalue weighted by atomic mass is 9.96. The number of carboxylic acids is 2. The molecule has 0 radical (unpaired) electrons. The maximum absolute atomic E-state index is 14.9. The van der Waals surface area contributed by atoms with Crippen molar-refractivity contribution in [1.82, 2.24) is 68.8 Å². The molecule has 13 atom stereocenters. The molecule has 25 N–H and O–H groups in total. The normalized spacial score (nSPS) is 14.9. The number of hydrogen-bond acceptors (Lipinski definition) is 18. The van der Waals surface area contributed by atoms with E-state index in [0.717, 1.165) is 0 Å². The van der Waals surface area contributed by atoms with Crippen LogP contribution in [-0.4, -0.2) is 203 Å². The second-order valence-electron chi connectivity index (χ2n) is 27.2. The molecule has 0 saturated carbocycles. The molecule has 0 aliphatic carbocycles. The Morgan fingerprint density at radius 1 is 0.481 bits per heavy atom. The number of carboxylic acid groups (broad SMARTS) is 2. The van der Waals surface area contributed by atoms with Crippen molar-refractivity contribution in [3.63, 3.8) is 0 Å². The molecule has 0 aliphatic rings. The van der Waals surface area contributed by atoms with Gasteiger partial charge < -0.3 is 108 Å². The van der Waals surface area contributed by atoms with E-state index in [9.17, 15) is 77.3 Å². The highest BCUT2D eigenvalue weighted by atomic mass is 16.4. The van der Waals surface area contributed by atoms with Crippen LogP contribution in [0.2, 0.25) is 0 Å². The Kier molecular flexibility index (Phi) is 39.5. The molecule has 106 heavy (non-hydrogen) atoms. The number of carbonyl (C=O) groups excluding carboxylic acids is 12. The predicted molar refractivity (Wildman–Crippen MR) is 395 cm³/mol. The van der Waals surface area contributed by atoms with E-state index in [1.807, 2.05) is 0 Å². The van der Waals surface area contributed by atoms with Crippen molar-refractivity contribution >= 4 is 99.7 Å². The molecule has 12 amide bonds. The largest absolute Gasteiger partial charge is 0.481 e. The Labute approximate surface area is 617 Å². The molecular formula is C71H113N19O16. The number of nitrogens with one attached hydrogen (secondary N) is 13. The van der Waals surface area contributed by atoms with Crippen molar-refractivity contribution < 1.29 is 77.3 Å². The van der Waals surface area contributed by atoms with Gasteiger partial charge in [-0.3, -0.25) is 67.3 Å². The maximum Gasteiger partial charge on any atom is 0.326 e. The van der Waals surface area contributed by atoms with Gasteiger partial charge in [-0.25, -0.2) is 4.79 Å². The molecule has 35 heteroatoms. The van der Waals surface area contributed by atoms with Gasteiger partial charge in [0.05, 0.1) is 12.6 Å². The molecule has 2 aromatic carbocycles. The van der Waals surface area contributed by atoms with Crippen LogP contribution in [0, 0.1) is 17.8 Å². The fourth-order valence-electron chi connectivity index (χ4n) is 11.0. The smallest absolute Gasteiger partial charge is 0.326 e. The second kappa shape index (κ2) is 46.5. The number of aromatic nitrogens is 1. The van der Waals surface area contributed by atoms with Gasteiger partial charge in [0.2, 0.25) is 70.9 Å². The van der Waals surface area contributed by atoms with Crippen LogP contribution in [0.3, 0.4) is 0 Å². The molecule has 3 rings (SSSR count). The van der Waals surface area contributed by atoms with E-state index >= 15 is 0 Å². The number of amides is 12. The monoisotopic (exact) mass is 1490 g/mol. The third-order valence-corrected chi connectivity index (χ3v) is 17.4. The lowest BCUT2D eigenvalue weighted by molar-refractivity contribution is -0.142. The fourth-order valence-corrected chi connectivity index (χ4v) is 11.0. The lowest BCUT2D eigenvalue weighted by Gasteiger charge is -2.30. The summed E-state index contributed by atoms with van der Waals surface area (Å²) in [6, 6.07) is -0.395. The summed E-state index contributed by atoms with van der Waals surface area (Å²) in [5.74, 6) is -14.3. The van der Waals surface area contributed by atoms with E-state index in [-0.39, 0.29) is 76.5 Å². The first kappa shape index (κ1) is 89.9. The average molecular weight is 1490 g/mol. The number of carbonyl (C=O) groups is 14. The molecule has 0 fully saturated rings. The Morgan fingerprint density at radius 3 is 1.51 bits per heavy atom. The molecule has 0 bridgehead atoms. The highest BCUT2D eigenvalue weighted by Crippen LogP contribution is 2.21. The summed E-state index contributed by atoms with van der Waals surface area (Å²) >= 11 is 0. The minimum atomic E-state index is -1.61. The van der Waals surface area contributed by atoms with Crippen LogP contribution in [0.4, 0.5) is 0 Å². The molecule has 1 heterocycles. The number of nitrogens with two attached hydrogens (primary N) is 5. The van der Waals surface area contributed by atoms with E-state index < -0.39 is 187 Å². The standard InChI is InChI=1S/C71H113N19O16/c1-10-40(6)58(90-67(102)53(34-44-21-12-11-13-22-44)88-64(99)50(28-29-56(92)93)84-63(98)49(26-17-19-31-73)83-60(95)42(8)80-59(94)41(7)74)69(104)81-43(9)61(96)86-54(35-45-36-78-47-24-15-14-23-46(45)47)65(100)87-52(33-38(2)3)66(101)89-57(39(4)5)68(103)85-48(25-16-18-30-72)62(97)79-37-55(91)82-51(70(105)106)27-20-32-77-71(75)76/h11-15,21-24,36,38-43,48-54,57-58,78H,10,16-20,25-35,37,72-74H2,1-9H3,(H,79,97)(H,80,94)(H,81,104)(H,82,91)(H,83,95)(H,84,98)(H,85,103)(H,86,96)(H,87,100)(H,88,99)(H,89,101)(H,90,102)(H,92,93)(H,105,106)(H4,75,76,77)/t40-,41-,42-,43-,48-,49-,50-,51-,52-,53-,54-,57-,58-/m0/s1. The molecule has 588 valence electrons. The van der Waals surface area contributed by atoms with Gasteiger partial charge in [-0.15, -0.1) is 0 Å². The number of para-hydroxylation sites is 1. The van der Waals surface area contributed by atoms with E-state index in [2.05, 4.69) is 73.8 Å². The van der Waals surface area contributed by atoms with Crippen molar-refractivity contribution in [2.75, 3.05) is 26.2 Å². The van der Waals surface area contributed by atoms with Crippen LogP contribution in [0.5, 0.6) is 0 Å². The van der Waals surface area contributed by atoms with E-state index in [1.54, 1.807) is 102 Å². The zero-order valence-electron chi connectivity index (χ0n) is 62.1. The van der Waals surface area contributed by atoms with E-state index in [0.29, 0.717) is 54.1 Å². The Balaban J connectivity index is 1.94. The Hall–Kier alpha value is -10.3. The second-order valence-corrected chi connectivity index (χ2v) is 27.2. The molecule has 0 spiro atoms. The van der Waals surface area contributed by atoms with Gasteiger partial charge in [-0.05, 0) is 133 Å². The van der Waals surface area contributed by atoms with Crippen molar-refractivity contribution in [2.24, 2.45) is 51.4 Å². The summed E-state index contributed by atoms with van der Waals surface area (Å²) in [4.78, 5) is 199. The number of aromatic amines is 1. The first-order valence-corrected chi connectivity index (χ1v) is 36.0. The van der Waals surface area contributed by atoms with Gasteiger partial charge >= 0.3 is 11.9 Å². The SMILES string of the molecule is CC[C@H](C)[C@H](NC(=O)[C@H](Cc1ccccc1)NC(=O)[C@H](CCC(=O)O)NC(=O)[C@H](CCCCN)NC(=O)[C@H](C)NC(=O)[C@H](C)N)C(=O)N[C@@H](C)C(=O)N[C@@H](Cc1c[nH]c2ccccc12)C(=O)N[C@@H](CC(C)C)C(=O)N[C@H](C(=O)N[C@@H](CCCCN)C(=O)NCC(=O)N[C@@H](CCCN=C(N)N)C(=O)O)C(C)C. The number of nitrogens with zero attached hydrogens (tertiary/aromatic N) is 1. The molecule has 1 aromatic heterocycles. The van der Waals surface area contributed by atoms with Gasteiger partial charge in [0.15, 0.2) is 5.96 Å². The van der Waals surface area contributed by atoms with Gasteiger partial charge in [-0.2, -0.15) is 0 Å². The molecular weight excluding hydrogens is 1370 g/mol. The van der Waals surface area contributed by atoms with Crippen molar-refractivity contribution in [2.45, 2.75) is 225 Å². The first-order valence-electron chi connectivity index (χ1n) is 36.0. The number of benzene rings is 2.